The van der Waals surface area contributed by atoms with E-state index >= 15 is 0 Å². The van der Waals surface area contributed by atoms with Crippen LogP contribution < -0.4 is 10.6 Å². The SMILES string of the molecule is CC1(C)CC(OC(CCCCCCCC(=O)O)C(=O)O)CC(C)(C)N1.CC1(C)CC(OC(CCCCCCCC(=O)O)C(=O)O)CC(C)(C)N1.[Ba]. The van der Waals surface area contributed by atoms with Gasteiger partial charge in [-0.05, 0) is 107 Å². The molecule has 0 saturated carbocycles. The predicted molar refractivity (Wildman–Crippen MR) is 199 cm³/mol. The Balaban J connectivity index is 0.000000962. The van der Waals surface area contributed by atoms with Crippen molar-refractivity contribution in [3.05, 3.63) is 0 Å². The van der Waals surface area contributed by atoms with Gasteiger partial charge in [0.25, 0.3) is 0 Å². The molecule has 2 heterocycles. The summed E-state index contributed by atoms with van der Waals surface area (Å²) >= 11 is 0. The molecular formula is C38H70BaN2O10. The molecule has 2 unspecified atom stereocenters. The summed E-state index contributed by atoms with van der Waals surface area (Å²) in [5.74, 6) is -3.29. The van der Waals surface area contributed by atoms with Crippen LogP contribution in [0.15, 0.2) is 0 Å². The smallest absolute Gasteiger partial charge is 0.332 e. The van der Waals surface area contributed by atoms with Crippen molar-refractivity contribution in [2.24, 2.45) is 0 Å². The van der Waals surface area contributed by atoms with Crippen LogP contribution in [0.2, 0.25) is 0 Å². The molecule has 2 fully saturated rings. The Morgan fingerprint density at radius 3 is 1.02 bits per heavy atom. The first kappa shape index (κ1) is 50.3. The van der Waals surface area contributed by atoms with Gasteiger partial charge in [0.2, 0.25) is 0 Å². The largest absolute Gasteiger partial charge is 0.481 e. The van der Waals surface area contributed by atoms with Crippen molar-refractivity contribution in [3.63, 3.8) is 0 Å². The van der Waals surface area contributed by atoms with Crippen LogP contribution in [-0.2, 0) is 28.7 Å². The number of carboxylic acid groups (broad SMARTS) is 4. The zero-order valence-corrected chi connectivity index (χ0v) is 37.4. The van der Waals surface area contributed by atoms with Gasteiger partial charge in [0.1, 0.15) is 0 Å². The summed E-state index contributed by atoms with van der Waals surface area (Å²) in [4.78, 5) is 44.0. The molecule has 6 N–H and O–H groups in total. The molecule has 0 aromatic heterocycles. The van der Waals surface area contributed by atoms with Crippen molar-refractivity contribution in [3.8, 4) is 0 Å². The number of carbonyl (C=O) groups is 4. The van der Waals surface area contributed by atoms with Gasteiger partial charge < -0.3 is 40.5 Å². The van der Waals surface area contributed by atoms with Crippen molar-refractivity contribution in [1.82, 2.24) is 10.6 Å². The molecule has 2 saturated heterocycles. The molecule has 2 aliphatic rings. The van der Waals surface area contributed by atoms with Gasteiger partial charge in [-0.1, -0.05) is 51.4 Å². The molecule has 2 aliphatic heterocycles. The molecule has 0 aromatic carbocycles. The molecule has 0 amide bonds. The van der Waals surface area contributed by atoms with Gasteiger partial charge in [-0.25, -0.2) is 9.59 Å². The van der Waals surface area contributed by atoms with E-state index in [4.69, 9.17) is 19.7 Å². The third kappa shape index (κ3) is 24.3. The first-order chi connectivity index (χ1) is 23.0. The topological polar surface area (TPSA) is 192 Å². The second-order valence-electron chi connectivity index (χ2n) is 17.2. The third-order valence-electron chi connectivity index (χ3n) is 9.28. The van der Waals surface area contributed by atoms with E-state index < -0.39 is 36.1 Å². The van der Waals surface area contributed by atoms with Gasteiger partial charge >= 0.3 is 23.9 Å². The number of ether oxygens (including phenoxy) is 2. The van der Waals surface area contributed by atoms with Gasteiger partial charge in [-0.15, -0.1) is 0 Å². The molecular weight excluding hydrogens is 782 g/mol. The van der Waals surface area contributed by atoms with E-state index in [2.05, 4.69) is 66.0 Å². The predicted octanol–water partition coefficient (Wildman–Crippen LogP) is 6.78. The maximum absolute atomic E-state index is 11.5. The van der Waals surface area contributed by atoms with E-state index in [0.717, 1.165) is 77.0 Å². The maximum Gasteiger partial charge on any atom is 0.332 e. The molecule has 2 radical (unpaired) electrons. The second-order valence-corrected chi connectivity index (χ2v) is 17.2. The monoisotopic (exact) mass is 852 g/mol. The van der Waals surface area contributed by atoms with E-state index in [9.17, 15) is 29.4 Å². The van der Waals surface area contributed by atoms with Crippen molar-refractivity contribution in [2.45, 2.75) is 218 Å². The van der Waals surface area contributed by atoms with Crippen LogP contribution in [-0.4, -0.2) is 140 Å². The summed E-state index contributed by atoms with van der Waals surface area (Å²) in [5, 5.41) is 43.3. The molecule has 12 nitrogen and oxygen atoms in total. The van der Waals surface area contributed by atoms with Crippen molar-refractivity contribution >= 4 is 72.8 Å². The van der Waals surface area contributed by atoms with Crippen LogP contribution in [0, 0.1) is 0 Å². The Morgan fingerprint density at radius 1 is 0.510 bits per heavy atom. The van der Waals surface area contributed by atoms with Gasteiger partial charge in [0, 0.05) is 83.9 Å². The van der Waals surface area contributed by atoms with Gasteiger partial charge in [0.15, 0.2) is 12.2 Å². The van der Waals surface area contributed by atoms with E-state index in [1.54, 1.807) is 0 Å². The molecule has 13 heteroatoms. The summed E-state index contributed by atoms with van der Waals surface area (Å²) in [7, 11) is 0. The molecule has 0 spiro atoms. The first-order valence-electron chi connectivity index (χ1n) is 18.8. The first-order valence-corrected chi connectivity index (χ1v) is 18.8. The molecule has 294 valence electrons. The molecule has 2 rings (SSSR count). The fourth-order valence-corrected chi connectivity index (χ4v) is 7.89. The number of rotatable bonds is 22. The molecule has 51 heavy (non-hydrogen) atoms. The average molecular weight is 852 g/mol. The van der Waals surface area contributed by atoms with Crippen molar-refractivity contribution < 1.29 is 49.1 Å². The number of aliphatic carboxylic acids is 4. The van der Waals surface area contributed by atoms with Crippen molar-refractivity contribution in [2.75, 3.05) is 0 Å². The standard InChI is InChI=1S/2C19H35NO5.Ba/c2*1-18(2)12-14(13-19(3,4)20-18)25-15(17(23)24)10-8-6-5-7-9-11-16(21)22;/h2*14-15,20H,5-13H2,1-4H3,(H,21,22)(H,23,24);. The van der Waals surface area contributed by atoms with E-state index in [1.165, 1.54) is 0 Å². The Morgan fingerprint density at radius 2 is 0.765 bits per heavy atom. The summed E-state index contributed by atoms with van der Waals surface area (Å²) in [6, 6.07) is 0. The summed E-state index contributed by atoms with van der Waals surface area (Å²) in [5.41, 5.74) is -0.279. The molecule has 2 atom stereocenters. The number of nitrogens with one attached hydrogen (secondary N) is 2. The number of hydrogen-bond donors (Lipinski definition) is 6. The molecule has 0 bridgehead atoms. The average Bonchev–Trinajstić information content (AvgIpc) is 2.91. The van der Waals surface area contributed by atoms with E-state index in [1.807, 2.05) is 0 Å². The third-order valence-corrected chi connectivity index (χ3v) is 9.28. The van der Waals surface area contributed by atoms with Crippen LogP contribution in [0.1, 0.15) is 171 Å². The minimum absolute atomic E-state index is 0. The maximum atomic E-state index is 11.5. The van der Waals surface area contributed by atoms with Crippen molar-refractivity contribution in [1.29, 1.82) is 0 Å². The zero-order valence-electron chi connectivity index (χ0n) is 33.0. The number of unbranched alkanes of at least 4 members (excludes halogenated alkanes) is 8. The van der Waals surface area contributed by atoms with Gasteiger partial charge in [-0.3, -0.25) is 9.59 Å². The fraction of sp³-hybridized carbons (Fsp3) is 0.895. The van der Waals surface area contributed by atoms with Gasteiger partial charge in [0.05, 0.1) is 12.2 Å². The van der Waals surface area contributed by atoms with Gasteiger partial charge in [-0.2, -0.15) is 0 Å². The zero-order chi connectivity index (χ0) is 38.2. The fourth-order valence-electron chi connectivity index (χ4n) is 7.89. The van der Waals surface area contributed by atoms with Crippen LogP contribution in [0.4, 0.5) is 0 Å². The van der Waals surface area contributed by atoms with Crippen LogP contribution in [0.3, 0.4) is 0 Å². The second kappa shape index (κ2) is 23.9. The minimum Gasteiger partial charge on any atom is -0.481 e. The van der Waals surface area contributed by atoms with E-state index in [-0.39, 0.29) is 96.1 Å². The number of carboxylic acids is 4. The Bertz CT molecular complexity index is 951. The van der Waals surface area contributed by atoms with E-state index in [0.29, 0.717) is 25.7 Å². The normalized spacial score (nSPS) is 20.5. The van der Waals surface area contributed by atoms with Crippen LogP contribution in [0.25, 0.3) is 0 Å². The summed E-state index contributed by atoms with van der Waals surface area (Å²) in [6.07, 6.45) is 11.4. The minimum atomic E-state index is -0.889. The Hall–Kier alpha value is -0.709. The Kier molecular flexibility index (Phi) is 23.6. The molecule has 0 aromatic rings. The quantitative estimate of drug-likeness (QED) is 0.0495. The molecule has 0 aliphatic carbocycles. The Labute approximate surface area is 347 Å². The summed E-state index contributed by atoms with van der Waals surface area (Å²) in [6.45, 7) is 17.0. The number of piperidine rings is 2. The summed E-state index contributed by atoms with van der Waals surface area (Å²) < 4.78 is 11.9. The van der Waals surface area contributed by atoms with Crippen LogP contribution in [0.5, 0.6) is 0 Å². The number of hydrogen-bond acceptors (Lipinski definition) is 8. The van der Waals surface area contributed by atoms with Crippen LogP contribution >= 0.6 is 0 Å².